The SMILES string of the molecule is CC=C(C)C#Cc1ccc2c(c1)c(C(C)=O)cn2CC(=O)N1C[C@H](F)C[C@H]1C(=O)NCc1cccc(C)c1F. The van der Waals surface area contributed by atoms with Crippen LogP contribution in [0, 0.1) is 24.6 Å². The molecule has 0 aliphatic carbocycles. The molecule has 2 heterocycles. The zero-order valence-corrected chi connectivity index (χ0v) is 22.5. The van der Waals surface area contributed by atoms with Crippen molar-refractivity contribution in [2.75, 3.05) is 6.54 Å². The predicted octanol–water partition coefficient (Wildman–Crippen LogP) is 4.86. The fourth-order valence-electron chi connectivity index (χ4n) is 4.72. The Hall–Kier alpha value is -4.25. The Bertz CT molecular complexity index is 1540. The minimum atomic E-state index is -1.35. The van der Waals surface area contributed by atoms with Crippen LogP contribution in [0.15, 0.2) is 54.2 Å². The van der Waals surface area contributed by atoms with Crippen LogP contribution < -0.4 is 5.32 Å². The standard InChI is InChI=1S/C31H31F2N3O3/c1-5-19(2)9-10-22-11-12-27-25(13-22)26(21(4)37)17-35(27)18-29(38)36-16-24(32)14-28(36)31(39)34-15-23-8-6-7-20(3)30(23)33/h5-8,11-13,17,24,28H,14-16,18H2,1-4H3,(H,34,39)/t24-,28+/m1/s1. The van der Waals surface area contributed by atoms with Crippen LogP contribution in [-0.4, -0.2) is 45.8 Å². The number of nitrogens with zero attached hydrogens (tertiary/aromatic N) is 2. The highest BCUT2D eigenvalue weighted by Crippen LogP contribution is 2.26. The first kappa shape index (κ1) is 27.8. The molecule has 0 radical (unpaired) electrons. The van der Waals surface area contributed by atoms with Gasteiger partial charge in [-0.25, -0.2) is 8.78 Å². The number of nitrogens with one attached hydrogen (secondary N) is 1. The first-order valence-electron chi connectivity index (χ1n) is 12.8. The average molecular weight is 532 g/mol. The summed E-state index contributed by atoms with van der Waals surface area (Å²) in [5.41, 5.74) is 3.54. The minimum Gasteiger partial charge on any atom is -0.350 e. The lowest BCUT2D eigenvalue weighted by Gasteiger charge is -2.24. The number of alkyl halides is 1. The van der Waals surface area contributed by atoms with Gasteiger partial charge in [0, 0.05) is 46.8 Å². The molecule has 2 atom stereocenters. The molecule has 3 aromatic rings. The second-order valence-corrected chi connectivity index (χ2v) is 9.84. The third-order valence-corrected chi connectivity index (χ3v) is 7.00. The van der Waals surface area contributed by atoms with Crippen LogP contribution >= 0.6 is 0 Å². The van der Waals surface area contributed by atoms with Gasteiger partial charge in [0.15, 0.2) is 5.78 Å². The van der Waals surface area contributed by atoms with Crippen LogP contribution in [0.5, 0.6) is 0 Å². The first-order valence-corrected chi connectivity index (χ1v) is 12.8. The second kappa shape index (κ2) is 11.6. The van der Waals surface area contributed by atoms with Crippen molar-refractivity contribution in [2.45, 2.75) is 59.4 Å². The summed E-state index contributed by atoms with van der Waals surface area (Å²) in [6.07, 6.45) is 2.03. The van der Waals surface area contributed by atoms with Gasteiger partial charge in [-0.15, -0.1) is 0 Å². The molecule has 39 heavy (non-hydrogen) atoms. The summed E-state index contributed by atoms with van der Waals surface area (Å²) < 4.78 is 30.4. The largest absolute Gasteiger partial charge is 0.350 e. The van der Waals surface area contributed by atoms with Gasteiger partial charge in [-0.1, -0.05) is 36.1 Å². The number of carbonyl (C=O) groups excluding carboxylic acids is 3. The number of allylic oxidation sites excluding steroid dienone is 2. The second-order valence-electron chi connectivity index (χ2n) is 9.84. The number of fused-ring (bicyclic) bond motifs is 1. The number of rotatable bonds is 6. The third-order valence-electron chi connectivity index (χ3n) is 7.00. The van der Waals surface area contributed by atoms with Gasteiger partial charge in [0.1, 0.15) is 24.6 Å². The molecule has 6 nitrogen and oxygen atoms in total. The summed E-state index contributed by atoms with van der Waals surface area (Å²) in [5.74, 6) is 4.57. The summed E-state index contributed by atoms with van der Waals surface area (Å²) >= 11 is 0. The fraction of sp³-hybridized carbons (Fsp3) is 0.323. The van der Waals surface area contributed by atoms with Gasteiger partial charge in [0.05, 0.1) is 6.54 Å². The molecule has 8 heteroatoms. The topological polar surface area (TPSA) is 71.4 Å². The maximum atomic E-state index is 14.4. The Morgan fingerprint density at radius 1 is 1.18 bits per heavy atom. The van der Waals surface area contributed by atoms with E-state index in [2.05, 4.69) is 17.2 Å². The fourth-order valence-corrected chi connectivity index (χ4v) is 4.72. The van der Waals surface area contributed by atoms with Gasteiger partial charge in [0.2, 0.25) is 11.8 Å². The molecule has 1 aliphatic heterocycles. The number of hydrogen-bond acceptors (Lipinski definition) is 3. The molecule has 1 fully saturated rings. The number of hydrogen-bond donors (Lipinski definition) is 1. The number of ketones is 1. The number of likely N-dealkylation sites (tertiary alicyclic amines) is 1. The number of aromatic nitrogens is 1. The molecule has 2 aromatic carbocycles. The molecule has 0 spiro atoms. The molecule has 0 bridgehead atoms. The van der Waals surface area contributed by atoms with Crippen LogP contribution in [0.3, 0.4) is 0 Å². The molecule has 2 amide bonds. The lowest BCUT2D eigenvalue weighted by Crippen LogP contribution is -2.46. The minimum absolute atomic E-state index is 0.0646. The van der Waals surface area contributed by atoms with Crippen molar-refractivity contribution in [3.05, 3.63) is 82.3 Å². The van der Waals surface area contributed by atoms with E-state index in [1.807, 2.05) is 32.1 Å². The highest BCUT2D eigenvalue weighted by atomic mass is 19.1. The van der Waals surface area contributed by atoms with Gasteiger partial charge in [-0.2, -0.15) is 0 Å². The smallest absolute Gasteiger partial charge is 0.243 e. The quantitative estimate of drug-likeness (QED) is 0.365. The van der Waals surface area contributed by atoms with Crippen LogP contribution in [0.25, 0.3) is 10.9 Å². The van der Waals surface area contributed by atoms with Gasteiger partial charge < -0.3 is 14.8 Å². The highest BCUT2D eigenvalue weighted by Gasteiger charge is 2.39. The molecule has 202 valence electrons. The Morgan fingerprint density at radius 2 is 1.95 bits per heavy atom. The van der Waals surface area contributed by atoms with Crippen molar-refractivity contribution < 1.29 is 23.2 Å². The van der Waals surface area contributed by atoms with Gasteiger partial charge >= 0.3 is 0 Å². The van der Waals surface area contributed by atoms with Crippen molar-refractivity contribution in [3.8, 4) is 11.8 Å². The van der Waals surface area contributed by atoms with Crippen molar-refractivity contribution >= 4 is 28.5 Å². The summed E-state index contributed by atoms with van der Waals surface area (Å²) in [6, 6.07) is 9.32. The molecule has 1 saturated heterocycles. The van der Waals surface area contributed by atoms with Gasteiger partial charge in [0.25, 0.3) is 0 Å². The lowest BCUT2D eigenvalue weighted by molar-refractivity contribution is -0.139. The predicted molar refractivity (Wildman–Crippen MR) is 146 cm³/mol. The lowest BCUT2D eigenvalue weighted by atomic mass is 10.1. The number of benzene rings is 2. The van der Waals surface area contributed by atoms with E-state index in [0.717, 1.165) is 11.1 Å². The van der Waals surface area contributed by atoms with E-state index in [1.165, 1.54) is 11.8 Å². The van der Waals surface area contributed by atoms with E-state index in [9.17, 15) is 23.2 Å². The van der Waals surface area contributed by atoms with Crippen LogP contribution in [0.2, 0.25) is 0 Å². The zero-order chi connectivity index (χ0) is 28.3. The third kappa shape index (κ3) is 6.09. The van der Waals surface area contributed by atoms with Crippen molar-refractivity contribution in [2.24, 2.45) is 0 Å². The molecular weight excluding hydrogens is 500 g/mol. The summed E-state index contributed by atoms with van der Waals surface area (Å²) in [4.78, 5) is 39.9. The van der Waals surface area contributed by atoms with Crippen molar-refractivity contribution in [1.29, 1.82) is 0 Å². The van der Waals surface area contributed by atoms with E-state index in [1.54, 1.807) is 42.0 Å². The van der Waals surface area contributed by atoms with E-state index >= 15 is 0 Å². The van der Waals surface area contributed by atoms with Crippen LogP contribution in [0.4, 0.5) is 8.78 Å². The van der Waals surface area contributed by atoms with E-state index in [0.29, 0.717) is 27.6 Å². The molecular formula is C31H31F2N3O3. The number of carbonyl (C=O) groups is 3. The molecule has 0 unspecified atom stereocenters. The monoisotopic (exact) mass is 531 g/mol. The molecule has 0 saturated carbocycles. The number of halogens is 2. The summed E-state index contributed by atoms with van der Waals surface area (Å²) in [7, 11) is 0. The zero-order valence-electron chi connectivity index (χ0n) is 22.5. The summed E-state index contributed by atoms with van der Waals surface area (Å²) in [5, 5.41) is 3.32. The average Bonchev–Trinajstić information content (AvgIpc) is 3.48. The molecule has 1 aromatic heterocycles. The van der Waals surface area contributed by atoms with E-state index in [-0.39, 0.29) is 31.8 Å². The van der Waals surface area contributed by atoms with E-state index in [4.69, 9.17) is 0 Å². The Kier molecular flexibility index (Phi) is 8.29. The highest BCUT2D eigenvalue weighted by molar-refractivity contribution is 6.07. The van der Waals surface area contributed by atoms with Gasteiger partial charge in [-0.05, 0) is 57.0 Å². The first-order chi connectivity index (χ1) is 18.6. The maximum Gasteiger partial charge on any atom is 0.243 e. The Labute approximate surface area is 226 Å². The normalized spacial score (nSPS) is 17.2. The molecule has 1 N–H and O–H groups in total. The number of Topliss-reactive ketones (excluding diaryl/α,β-unsaturated/α-hetero) is 1. The Morgan fingerprint density at radius 3 is 2.67 bits per heavy atom. The van der Waals surface area contributed by atoms with Crippen LogP contribution in [0.1, 0.15) is 54.2 Å². The van der Waals surface area contributed by atoms with Gasteiger partial charge in [-0.3, -0.25) is 14.4 Å². The molecule has 1 aliphatic rings. The Balaban J connectivity index is 1.54. The van der Waals surface area contributed by atoms with Crippen molar-refractivity contribution in [1.82, 2.24) is 14.8 Å². The summed E-state index contributed by atoms with van der Waals surface area (Å²) in [6.45, 7) is 6.45. The number of aryl methyl sites for hydroxylation is 1. The number of amides is 2. The molecule has 4 rings (SSSR count). The van der Waals surface area contributed by atoms with Crippen LogP contribution in [-0.2, 0) is 22.7 Å². The van der Waals surface area contributed by atoms with E-state index < -0.39 is 29.8 Å². The maximum absolute atomic E-state index is 14.4. The van der Waals surface area contributed by atoms with Crippen molar-refractivity contribution in [3.63, 3.8) is 0 Å².